The van der Waals surface area contributed by atoms with Gasteiger partial charge in [0.2, 0.25) is 5.76 Å². The van der Waals surface area contributed by atoms with E-state index in [1.54, 1.807) is 12.1 Å². The zero-order valence-electron chi connectivity index (χ0n) is 13.3. The van der Waals surface area contributed by atoms with Crippen LogP contribution in [0.2, 0.25) is 0 Å². The quantitative estimate of drug-likeness (QED) is 0.843. The second-order valence-electron chi connectivity index (χ2n) is 6.60. The summed E-state index contributed by atoms with van der Waals surface area (Å²) in [6, 6.07) is 5.43. The molecule has 0 aliphatic heterocycles. The molecule has 120 valence electrons. The number of furan rings is 1. The molecule has 2 N–H and O–H groups in total. The number of amides is 1. The maximum Gasteiger partial charge on any atom is 0.407 e. The highest BCUT2D eigenvalue weighted by atomic mass is 16.6. The van der Waals surface area contributed by atoms with Crippen molar-refractivity contribution in [3.63, 3.8) is 0 Å². The monoisotopic (exact) mass is 305 g/mol. The Kier molecular flexibility index (Phi) is 5.09. The molecule has 1 fully saturated rings. The summed E-state index contributed by atoms with van der Waals surface area (Å²) in [7, 11) is 0. The minimum Gasteiger partial charge on any atom is -0.449 e. The van der Waals surface area contributed by atoms with Gasteiger partial charge in [0.15, 0.2) is 0 Å². The molecule has 1 aliphatic rings. The molecule has 1 atom stereocenters. The number of rotatable bonds is 6. The molecule has 6 nitrogen and oxygen atoms in total. The van der Waals surface area contributed by atoms with Gasteiger partial charge in [-0.2, -0.15) is 5.26 Å². The van der Waals surface area contributed by atoms with Gasteiger partial charge in [0.1, 0.15) is 17.4 Å². The average Bonchev–Trinajstić information content (AvgIpc) is 3.15. The third-order valence-electron chi connectivity index (χ3n) is 3.33. The first-order valence-corrected chi connectivity index (χ1v) is 7.56. The Morgan fingerprint density at radius 2 is 2.23 bits per heavy atom. The van der Waals surface area contributed by atoms with Gasteiger partial charge in [0.05, 0.1) is 6.54 Å². The Bertz CT molecular complexity index is 550. The van der Waals surface area contributed by atoms with Crippen LogP contribution in [0.15, 0.2) is 16.5 Å². The SMILES string of the molecule is CC(C)(C)OC(=O)NC(CNCc1ccc(C#N)o1)C1CC1. The number of nitrogens with one attached hydrogen (secondary N) is 2. The van der Waals surface area contributed by atoms with E-state index in [1.807, 2.05) is 26.8 Å². The van der Waals surface area contributed by atoms with Gasteiger partial charge in [0.25, 0.3) is 0 Å². The average molecular weight is 305 g/mol. The molecule has 1 aliphatic carbocycles. The molecular formula is C16H23N3O3. The predicted molar refractivity (Wildman–Crippen MR) is 81.0 cm³/mol. The number of nitriles is 1. The van der Waals surface area contributed by atoms with Gasteiger partial charge in [0, 0.05) is 12.6 Å². The number of nitrogens with zero attached hydrogens (tertiary/aromatic N) is 1. The molecule has 1 heterocycles. The summed E-state index contributed by atoms with van der Waals surface area (Å²) in [4.78, 5) is 11.9. The lowest BCUT2D eigenvalue weighted by Gasteiger charge is -2.23. The number of carbonyl (C=O) groups is 1. The molecule has 1 saturated carbocycles. The molecule has 6 heteroatoms. The Hall–Kier alpha value is -2.00. The van der Waals surface area contributed by atoms with E-state index in [0.717, 1.165) is 12.8 Å². The van der Waals surface area contributed by atoms with E-state index in [2.05, 4.69) is 10.6 Å². The van der Waals surface area contributed by atoms with Crippen molar-refractivity contribution in [1.29, 1.82) is 5.26 Å². The molecule has 0 bridgehead atoms. The van der Waals surface area contributed by atoms with Crippen LogP contribution in [0.5, 0.6) is 0 Å². The van der Waals surface area contributed by atoms with Gasteiger partial charge in [-0.15, -0.1) is 0 Å². The van der Waals surface area contributed by atoms with Crippen LogP contribution < -0.4 is 10.6 Å². The number of alkyl carbamates (subject to hydrolysis) is 1. The van der Waals surface area contributed by atoms with E-state index in [1.165, 1.54) is 0 Å². The molecular weight excluding hydrogens is 282 g/mol. The van der Waals surface area contributed by atoms with Gasteiger partial charge >= 0.3 is 6.09 Å². The fourth-order valence-electron chi connectivity index (χ4n) is 2.18. The molecule has 1 aromatic rings. The number of hydrogen-bond acceptors (Lipinski definition) is 5. The lowest BCUT2D eigenvalue weighted by Crippen LogP contribution is -2.45. The van der Waals surface area contributed by atoms with Crippen LogP contribution >= 0.6 is 0 Å². The lowest BCUT2D eigenvalue weighted by atomic mass is 10.2. The first kappa shape index (κ1) is 16.4. The van der Waals surface area contributed by atoms with Crippen molar-refractivity contribution in [1.82, 2.24) is 10.6 Å². The highest BCUT2D eigenvalue weighted by Crippen LogP contribution is 2.32. The molecule has 1 aromatic heterocycles. The Morgan fingerprint density at radius 3 is 2.77 bits per heavy atom. The standard InChI is InChI=1S/C16H23N3O3/c1-16(2,3)22-15(20)19-14(11-4-5-11)10-18-9-13-7-6-12(8-17)21-13/h6-7,11,14,18H,4-5,9-10H2,1-3H3,(H,19,20). The summed E-state index contributed by atoms with van der Waals surface area (Å²) < 4.78 is 10.6. The predicted octanol–water partition coefficient (Wildman–Crippen LogP) is 2.54. The van der Waals surface area contributed by atoms with Crippen LogP contribution in [0.25, 0.3) is 0 Å². The molecule has 2 rings (SSSR count). The van der Waals surface area contributed by atoms with Crippen LogP contribution in [-0.2, 0) is 11.3 Å². The van der Waals surface area contributed by atoms with Crippen LogP contribution in [0.1, 0.15) is 45.1 Å². The van der Waals surface area contributed by atoms with Crippen molar-refractivity contribution in [2.45, 2.75) is 51.8 Å². The zero-order chi connectivity index (χ0) is 16.2. The first-order valence-electron chi connectivity index (χ1n) is 7.56. The van der Waals surface area contributed by atoms with Crippen molar-refractivity contribution >= 4 is 6.09 Å². The zero-order valence-corrected chi connectivity index (χ0v) is 13.3. The summed E-state index contributed by atoms with van der Waals surface area (Å²) in [5.41, 5.74) is -0.493. The fourth-order valence-corrected chi connectivity index (χ4v) is 2.18. The number of carbonyl (C=O) groups excluding carboxylic acids is 1. The van der Waals surface area contributed by atoms with Crippen molar-refractivity contribution < 1.29 is 13.9 Å². The van der Waals surface area contributed by atoms with E-state index in [4.69, 9.17) is 14.4 Å². The van der Waals surface area contributed by atoms with Gasteiger partial charge in [-0.3, -0.25) is 0 Å². The highest BCUT2D eigenvalue weighted by molar-refractivity contribution is 5.68. The van der Waals surface area contributed by atoms with E-state index in [0.29, 0.717) is 30.5 Å². The van der Waals surface area contributed by atoms with Gasteiger partial charge in [-0.25, -0.2) is 4.79 Å². The molecule has 0 aromatic carbocycles. The molecule has 22 heavy (non-hydrogen) atoms. The van der Waals surface area contributed by atoms with E-state index in [-0.39, 0.29) is 12.1 Å². The summed E-state index contributed by atoms with van der Waals surface area (Å²) in [6.07, 6.45) is 1.87. The topological polar surface area (TPSA) is 87.3 Å². The first-order chi connectivity index (χ1) is 10.4. The van der Waals surface area contributed by atoms with E-state index < -0.39 is 5.60 Å². The van der Waals surface area contributed by atoms with E-state index in [9.17, 15) is 4.79 Å². The number of ether oxygens (including phenoxy) is 1. The molecule has 0 radical (unpaired) electrons. The summed E-state index contributed by atoms with van der Waals surface area (Å²) in [5.74, 6) is 1.53. The second-order valence-corrected chi connectivity index (χ2v) is 6.60. The third kappa shape index (κ3) is 5.41. The minimum atomic E-state index is -0.493. The van der Waals surface area contributed by atoms with Crippen LogP contribution in [0, 0.1) is 17.2 Å². The van der Waals surface area contributed by atoms with Gasteiger partial charge in [-0.1, -0.05) is 0 Å². The van der Waals surface area contributed by atoms with Crippen LogP contribution in [-0.4, -0.2) is 24.3 Å². The fraction of sp³-hybridized carbons (Fsp3) is 0.625. The third-order valence-corrected chi connectivity index (χ3v) is 3.33. The van der Waals surface area contributed by atoms with Crippen molar-refractivity contribution in [3.8, 4) is 6.07 Å². The summed E-state index contributed by atoms with van der Waals surface area (Å²) in [6.45, 7) is 6.72. The van der Waals surface area contributed by atoms with Crippen molar-refractivity contribution in [2.75, 3.05) is 6.54 Å². The smallest absolute Gasteiger partial charge is 0.407 e. The minimum absolute atomic E-state index is 0.0558. The summed E-state index contributed by atoms with van der Waals surface area (Å²) in [5, 5.41) is 14.9. The maximum absolute atomic E-state index is 11.9. The normalized spacial score (nSPS) is 15.9. The second kappa shape index (κ2) is 6.84. The van der Waals surface area contributed by atoms with Crippen molar-refractivity contribution in [3.05, 3.63) is 23.7 Å². The molecule has 0 saturated heterocycles. The Labute approximate surface area is 130 Å². The largest absolute Gasteiger partial charge is 0.449 e. The molecule has 1 unspecified atom stereocenters. The van der Waals surface area contributed by atoms with E-state index >= 15 is 0 Å². The van der Waals surface area contributed by atoms with Gasteiger partial charge in [-0.05, 0) is 51.7 Å². The highest BCUT2D eigenvalue weighted by Gasteiger charge is 2.33. The van der Waals surface area contributed by atoms with Gasteiger partial charge < -0.3 is 19.8 Å². The molecule has 0 spiro atoms. The van der Waals surface area contributed by atoms with Crippen LogP contribution in [0.4, 0.5) is 4.79 Å². The Morgan fingerprint density at radius 1 is 1.50 bits per heavy atom. The van der Waals surface area contributed by atoms with Crippen LogP contribution in [0.3, 0.4) is 0 Å². The Balaban J connectivity index is 1.77. The molecule has 1 amide bonds. The number of hydrogen-bond donors (Lipinski definition) is 2. The summed E-state index contributed by atoms with van der Waals surface area (Å²) >= 11 is 0. The maximum atomic E-state index is 11.9. The van der Waals surface area contributed by atoms with Crippen molar-refractivity contribution in [2.24, 2.45) is 5.92 Å². The lowest BCUT2D eigenvalue weighted by molar-refractivity contribution is 0.0497.